The molecule has 2 aromatic rings. The highest BCUT2D eigenvalue weighted by atomic mass is 32.2. The fraction of sp³-hybridized carbons (Fsp3) is 0.455. The molecule has 0 unspecified atom stereocenters. The van der Waals surface area contributed by atoms with E-state index in [1.54, 1.807) is 12.1 Å². The smallest absolute Gasteiger partial charge is 0.198 e. The molecule has 0 heterocycles. The quantitative estimate of drug-likeness (QED) is 0.496. The van der Waals surface area contributed by atoms with Gasteiger partial charge in [0.1, 0.15) is 0 Å². The van der Waals surface area contributed by atoms with Gasteiger partial charge in [0, 0.05) is 4.90 Å². The molecule has 0 amide bonds. The van der Waals surface area contributed by atoms with E-state index in [2.05, 4.69) is 31.2 Å². The molecule has 0 aromatic heterocycles. The van der Waals surface area contributed by atoms with Crippen molar-refractivity contribution >= 4 is 11.8 Å². The molecule has 2 aromatic carbocycles. The number of alkyl halides is 2. The minimum Gasteiger partial charge on any atom is -0.198 e. The molecule has 1 saturated carbocycles. The molecule has 0 atom stereocenters. The Balaban J connectivity index is 1.51. The summed E-state index contributed by atoms with van der Waals surface area (Å²) in [5.41, 5.74) is 4.03. The van der Waals surface area contributed by atoms with E-state index >= 15 is 0 Å². The van der Waals surface area contributed by atoms with Gasteiger partial charge < -0.3 is 0 Å². The molecule has 0 saturated heterocycles. The van der Waals surface area contributed by atoms with Crippen LogP contribution in [-0.4, -0.2) is 5.76 Å². The van der Waals surface area contributed by atoms with E-state index in [0.717, 1.165) is 24.7 Å². The summed E-state index contributed by atoms with van der Waals surface area (Å²) < 4.78 is 24.7. The van der Waals surface area contributed by atoms with Crippen molar-refractivity contribution in [3.05, 3.63) is 65.2 Å². The van der Waals surface area contributed by atoms with Crippen LogP contribution in [0.1, 0.15) is 55.2 Å². The Morgan fingerprint density at radius 3 is 1.88 bits per heavy atom. The monoisotopic (exact) mass is 360 g/mol. The zero-order chi connectivity index (χ0) is 17.6. The van der Waals surface area contributed by atoms with Crippen molar-refractivity contribution in [2.24, 2.45) is 5.92 Å². The molecule has 1 fully saturated rings. The first-order valence-electron chi connectivity index (χ1n) is 9.23. The minimum atomic E-state index is -2.35. The summed E-state index contributed by atoms with van der Waals surface area (Å²) in [6.45, 7) is 2.36. The Kier molecular flexibility index (Phi) is 6.52. The Bertz CT molecular complexity index is 641. The van der Waals surface area contributed by atoms with Crippen LogP contribution in [0.2, 0.25) is 0 Å². The van der Waals surface area contributed by atoms with E-state index < -0.39 is 5.76 Å². The van der Waals surface area contributed by atoms with Gasteiger partial charge in [-0.05, 0) is 66.3 Å². The van der Waals surface area contributed by atoms with Gasteiger partial charge >= 0.3 is 0 Å². The Morgan fingerprint density at radius 1 is 0.840 bits per heavy atom. The molecule has 1 aliphatic rings. The second-order valence-electron chi connectivity index (χ2n) is 7.22. The number of aryl methyl sites for hydroxylation is 2. The average Bonchev–Trinajstić information content (AvgIpc) is 2.62. The van der Waals surface area contributed by atoms with Gasteiger partial charge in [-0.3, -0.25) is 0 Å². The Labute approximate surface area is 154 Å². The zero-order valence-corrected chi connectivity index (χ0v) is 15.6. The molecular weight excluding hydrogens is 334 g/mol. The summed E-state index contributed by atoms with van der Waals surface area (Å²) in [7, 11) is 0. The third-order valence-electron chi connectivity index (χ3n) is 5.32. The minimum absolute atomic E-state index is 0.603. The summed E-state index contributed by atoms with van der Waals surface area (Å²) >= 11 is 0.603. The van der Waals surface area contributed by atoms with E-state index in [4.69, 9.17) is 0 Å². The van der Waals surface area contributed by atoms with Crippen LogP contribution >= 0.6 is 11.8 Å². The molecule has 25 heavy (non-hydrogen) atoms. The largest absolute Gasteiger partial charge is 0.288 e. The highest BCUT2D eigenvalue weighted by molar-refractivity contribution is 7.99. The van der Waals surface area contributed by atoms with Gasteiger partial charge in [-0.15, -0.1) is 0 Å². The van der Waals surface area contributed by atoms with Crippen LogP contribution in [-0.2, 0) is 12.8 Å². The average molecular weight is 361 g/mol. The molecule has 3 heteroatoms. The molecular formula is C22H26F2S. The predicted molar refractivity (Wildman–Crippen MR) is 103 cm³/mol. The second-order valence-corrected chi connectivity index (χ2v) is 8.28. The lowest BCUT2D eigenvalue weighted by molar-refractivity contribution is 0.252. The van der Waals surface area contributed by atoms with Gasteiger partial charge in [0.25, 0.3) is 5.76 Å². The van der Waals surface area contributed by atoms with Gasteiger partial charge in [-0.25, -0.2) is 0 Å². The number of benzene rings is 2. The van der Waals surface area contributed by atoms with Crippen molar-refractivity contribution in [1.29, 1.82) is 0 Å². The summed E-state index contributed by atoms with van der Waals surface area (Å²) in [4.78, 5) is 0.630. The van der Waals surface area contributed by atoms with Crippen molar-refractivity contribution in [3.8, 4) is 0 Å². The molecule has 3 rings (SSSR count). The maximum atomic E-state index is 12.3. The maximum absolute atomic E-state index is 12.3. The number of halogens is 2. The number of thioether (sulfide) groups is 1. The summed E-state index contributed by atoms with van der Waals surface area (Å²) in [5.74, 6) is -0.720. The topological polar surface area (TPSA) is 0 Å². The van der Waals surface area contributed by atoms with Crippen LogP contribution in [0.4, 0.5) is 8.78 Å². The van der Waals surface area contributed by atoms with Crippen LogP contribution in [0.25, 0.3) is 0 Å². The fourth-order valence-electron chi connectivity index (χ4n) is 3.68. The molecule has 0 bridgehead atoms. The summed E-state index contributed by atoms with van der Waals surface area (Å²) in [5, 5.41) is 0. The lowest BCUT2D eigenvalue weighted by atomic mass is 9.79. The highest BCUT2D eigenvalue weighted by Crippen LogP contribution is 2.35. The third kappa shape index (κ3) is 5.57. The first-order chi connectivity index (χ1) is 12.1. The maximum Gasteiger partial charge on any atom is 0.288 e. The lowest BCUT2D eigenvalue weighted by Gasteiger charge is -2.26. The van der Waals surface area contributed by atoms with Gasteiger partial charge in [0.05, 0.1) is 0 Å². The van der Waals surface area contributed by atoms with Crippen molar-refractivity contribution in [2.75, 3.05) is 0 Å². The van der Waals surface area contributed by atoms with Gasteiger partial charge in [-0.2, -0.15) is 8.78 Å². The van der Waals surface area contributed by atoms with Crippen molar-refractivity contribution in [2.45, 2.75) is 62.0 Å². The highest BCUT2D eigenvalue weighted by Gasteiger charge is 2.19. The number of hydrogen-bond donors (Lipinski definition) is 0. The fourth-order valence-corrected chi connectivity index (χ4v) is 4.18. The van der Waals surface area contributed by atoms with E-state index in [1.807, 2.05) is 12.1 Å². The Morgan fingerprint density at radius 2 is 1.36 bits per heavy atom. The first kappa shape index (κ1) is 18.4. The van der Waals surface area contributed by atoms with Crippen molar-refractivity contribution in [3.63, 3.8) is 0 Å². The van der Waals surface area contributed by atoms with E-state index in [0.29, 0.717) is 16.7 Å². The van der Waals surface area contributed by atoms with Crippen LogP contribution in [0, 0.1) is 5.92 Å². The lowest BCUT2D eigenvalue weighted by Crippen LogP contribution is -2.10. The molecule has 0 aliphatic heterocycles. The number of rotatable bonds is 6. The van der Waals surface area contributed by atoms with Crippen LogP contribution in [0.3, 0.4) is 0 Å². The third-order valence-corrected chi connectivity index (χ3v) is 6.04. The van der Waals surface area contributed by atoms with E-state index in [9.17, 15) is 8.78 Å². The first-order valence-corrected chi connectivity index (χ1v) is 10.1. The van der Waals surface area contributed by atoms with E-state index in [1.165, 1.54) is 42.4 Å². The van der Waals surface area contributed by atoms with Gasteiger partial charge in [0.2, 0.25) is 0 Å². The van der Waals surface area contributed by atoms with Crippen molar-refractivity contribution in [1.82, 2.24) is 0 Å². The van der Waals surface area contributed by atoms with Crippen molar-refractivity contribution < 1.29 is 8.78 Å². The standard InChI is InChI=1S/C22H26F2S/c1-16-2-10-19(11-3-16)20-12-6-17(7-13-20)4-5-18-8-14-21(15-9-18)25-22(23)24/h6-9,12-16,19,22H,2-5,10-11H2,1H3. The van der Waals surface area contributed by atoms with Gasteiger partial charge in [0.15, 0.2) is 0 Å². The molecule has 0 N–H and O–H groups in total. The summed E-state index contributed by atoms with van der Waals surface area (Å²) in [6, 6.07) is 16.6. The van der Waals surface area contributed by atoms with Crippen LogP contribution in [0.15, 0.2) is 53.4 Å². The zero-order valence-electron chi connectivity index (χ0n) is 14.8. The second kappa shape index (κ2) is 8.84. The van der Waals surface area contributed by atoms with Gasteiger partial charge in [-0.1, -0.05) is 67.9 Å². The van der Waals surface area contributed by atoms with Crippen LogP contribution in [0.5, 0.6) is 0 Å². The van der Waals surface area contributed by atoms with Crippen LogP contribution < -0.4 is 0 Å². The molecule has 0 nitrogen and oxygen atoms in total. The predicted octanol–water partition coefficient (Wildman–Crippen LogP) is 7.08. The SMILES string of the molecule is CC1CCC(c2ccc(CCc3ccc(SC(F)F)cc3)cc2)CC1. The number of hydrogen-bond acceptors (Lipinski definition) is 1. The summed E-state index contributed by atoms with van der Waals surface area (Å²) in [6.07, 6.45) is 7.29. The molecule has 1 aliphatic carbocycles. The van der Waals surface area contributed by atoms with E-state index in [-0.39, 0.29) is 0 Å². The molecule has 134 valence electrons. The Hall–Kier alpha value is -1.35. The normalized spacial score (nSPS) is 20.8. The molecule has 0 radical (unpaired) electrons. The molecule has 0 spiro atoms.